The predicted molar refractivity (Wildman–Crippen MR) is 91.7 cm³/mol. The number of carbonyl (C=O) groups is 1. The van der Waals surface area contributed by atoms with Gasteiger partial charge in [0.15, 0.2) is 0 Å². The first-order valence-corrected chi connectivity index (χ1v) is 7.49. The summed E-state index contributed by atoms with van der Waals surface area (Å²) in [6, 6.07) is 10.5. The summed E-state index contributed by atoms with van der Waals surface area (Å²) in [5.74, 6) is 0.740. The maximum absolute atomic E-state index is 12.3. The molecule has 0 heterocycles. The van der Waals surface area contributed by atoms with Crippen LogP contribution in [0.5, 0.6) is 11.5 Å². The number of ether oxygens (including phenoxy) is 2. The third kappa shape index (κ3) is 3.79. The average Bonchev–Trinajstić information content (AvgIpc) is 2.47. The molecule has 4 nitrogen and oxygen atoms in total. The number of hydrogen-bond donors (Lipinski definition) is 1. The standard InChI is InChI=1S/C15H13ClINO3/c1-20-13-8-14(21-2)12(7-11(13)16)18-15(19)9-4-3-5-10(17)6-9/h3-8H,1-2H3,(H,18,19). The average molecular weight is 418 g/mol. The summed E-state index contributed by atoms with van der Waals surface area (Å²) in [5, 5.41) is 3.19. The second-order valence-electron chi connectivity index (χ2n) is 4.15. The molecule has 110 valence electrons. The fourth-order valence-corrected chi connectivity index (χ4v) is 2.57. The van der Waals surface area contributed by atoms with Crippen molar-refractivity contribution in [1.29, 1.82) is 0 Å². The zero-order valence-corrected chi connectivity index (χ0v) is 14.4. The lowest BCUT2D eigenvalue weighted by Crippen LogP contribution is -2.13. The number of nitrogens with one attached hydrogen (secondary N) is 1. The van der Waals surface area contributed by atoms with E-state index in [2.05, 4.69) is 27.9 Å². The monoisotopic (exact) mass is 417 g/mol. The fourth-order valence-electron chi connectivity index (χ4n) is 1.78. The third-order valence-electron chi connectivity index (χ3n) is 2.81. The molecule has 1 N–H and O–H groups in total. The summed E-state index contributed by atoms with van der Waals surface area (Å²) in [5.41, 5.74) is 1.06. The summed E-state index contributed by atoms with van der Waals surface area (Å²) in [7, 11) is 3.04. The van der Waals surface area contributed by atoms with Gasteiger partial charge in [-0.2, -0.15) is 0 Å². The van der Waals surface area contributed by atoms with E-state index in [1.165, 1.54) is 14.2 Å². The third-order valence-corrected chi connectivity index (χ3v) is 3.78. The van der Waals surface area contributed by atoms with Crippen LogP contribution in [0.15, 0.2) is 36.4 Å². The maximum Gasteiger partial charge on any atom is 0.255 e. The SMILES string of the molecule is COc1cc(OC)c(NC(=O)c2cccc(I)c2)cc1Cl. The number of amides is 1. The first-order valence-electron chi connectivity index (χ1n) is 6.03. The van der Waals surface area contributed by atoms with Gasteiger partial charge in [0.1, 0.15) is 11.5 Å². The second kappa shape index (κ2) is 7.00. The lowest BCUT2D eigenvalue weighted by Gasteiger charge is -2.13. The molecule has 0 atom stereocenters. The number of anilines is 1. The predicted octanol–water partition coefficient (Wildman–Crippen LogP) is 4.21. The van der Waals surface area contributed by atoms with Crippen LogP contribution in [0.2, 0.25) is 5.02 Å². The van der Waals surface area contributed by atoms with Crippen LogP contribution in [-0.2, 0) is 0 Å². The van der Waals surface area contributed by atoms with Crippen LogP contribution in [-0.4, -0.2) is 20.1 Å². The molecule has 0 radical (unpaired) electrons. The number of rotatable bonds is 4. The normalized spacial score (nSPS) is 10.1. The molecule has 2 aromatic carbocycles. The smallest absolute Gasteiger partial charge is 0.255 e. The van der Waals surface area contributed by atoms with Gasteiger partial charge in [0, 0.05) is 15.2 Å². The van der Waals surface area contributed by atoms with Crippen LogP contribution >= 0.6 is 34.2 Å². The molecule has 0 aliphatic carbocycles. The van der Waals surface area contributed by atoms with Crippen molar-refractivity contribution in [1.82, 2.24) is 0 Å². The van der Waals surface area contributed by atoms with Gasteiger partial charge in [0.2, 0.25) is 0 Å². The summed E-state index contributed by atoms with van der Waals surface area (Å²) in [6.45, 7) is 0. The van der Waals surface area contributed by atoms with Crippen LogP contribution in [0, 0.1) is 3.57 Å². The first kappa shape index (κ1) is 15.9. The van der Waals surface area contributed by atoms with Gasteiger partial charge in [-0.1, -0.05) is 17.7 Å². The Labute approximate surface area is 141 Å². The highest BCUT2D eigenvalue weighted by atomic mass is 127. The number of halogens is 2. The molecular formula is C15H13ClINO3. The highest BCUT2D eigenvalue weighted by Crippen LogP contribution is 2.36. The summed E-state index contributed by atoms with van der Waals surface area (Å²) >= 11 is 8.24. The van der Waals surface area contributed by atoms with Crippen molar-refractivity contribution in [3.8, 4) is 11.5 Å². The van der Waals surface area contributed by atoms with Gasteiger partial charge in [0.05, 0.1) is 24.9 Å². The van der Waals surface area contributed by atoms with Crippen LogP contribution in [0.1, 0.15) is 10.4 Å². The van der Waals surface area contributed by atoms with Crippen LogP contribution in [0.4, 0.5) is 5.69 Å². The molecule has 0 bridgehead atoms. The Hall–Kier alpha value is -1.47. The summed E-state index contributed by atoms with van der Waals surface area (Å²) in [6.07, 6.45) is 0. The molecule has 0 aliphatic heterocycles. The zero-order chi connectivity index (χ0) is 15.4. The number of hydrogen-bond acceptors (Lipinski definition) is 3. The van der Waals surface area contributed by atoms with E-state index < -0.39 is 0 Å². The van der Waals surface area contributed by atoms with Crippen molar-refractivity contribution < 1.29 is 14.3 Å². The minimum Gasteiger partial charge on any atom is -0.495 e. The Bertz CT molecular complexity index is 676. The van der Waals surface area contributed by atoms with Crippen molar-refractivity contribution in [3.63, 3.8) is 0 Å². The molecule has 0 spiro atoms. The van der Waals surface area contributed by atoms with Crippen molar-refractivity contribution in [3.05, 3.63) is 50.6 Å². The maximum atomic E-state index is 12.3. The van der Waals surface area contributed by atoms with Gasteiger partial charge in [-0.05, 0) is 46.9 Å². The summed E-state index contributed by atoms with van der Waals surface area (Å²) in [4.78, 5) is 12.3. The first-order chi connectivity index (χ1) is 10.0. The molecule has 0 unspecified atom stereocenters. The summed E-state index contributed by atoms with van der Waals surface area (Å²) < 4.78 is 11.4. The quantitative estimate of drug-likeness (QED) is 0.758. The molecule has 0 aromatic heterocycles. The Morgan fingerprint density at radius 1 is 1.14 bits per heavy atom. The van der Waals surface area contributed by atoms with Crippen molar-refractivity contribution in [2.75, 3.05) is 19.5 Å². The largest absolute Gasteiger partial charge is 0.495 e. The van der Waals surface area contributed by atoms with E-state index in [-0.39, 0.29) is 5.91 Å². The minimum absolute atomic E-state index is 0.229. The fraction of sp³-hybridized carbons (Fsp3) is 0.133. The van der Waals surface area contributed by atoms with Crippen LogP contribution in [0.3, 0.4) is 0 Å². The number of methoxy groups -OCH3 is 2. The van der Waals surface area contributed by atoms with Crippen LogP contribution in [0.25, 0.3) is 0 Å². The van der Waals surface area contributed by atoms with Gasteiger partial charge in [-0.3, -0.25) is 4.79 Å². The molecule has 2 rings (SSSR count). The lowest BCUT2D eigenvalue weighted by atomic mass is 10.2. The minimum atomic E-state index is -0.229. The molecule has 0 saturated heterocycles. The Morgan fingerprint density at radius 3 is 2.48 bits per heavy atom. The van der Waals surface area contributed by atoms with Gasteiger partial charge in [-0.25, -0.2) is 0 Å². The number of carbonyl (C=O) groups excluding carboxylic acids is 1. The molecular weight excluding hydrogens is 405 g/mol. The van der Waals surface area contributed by atoms with E-state index in [1.54, 1.807) is 24.3 Å². The van der Waals surface area contributed by atoms with E-state index in [4.69, 9.17) is 21.1 Å². The van der Waals surface area contributed by atoms with E-state index >= 15 is 0 Å². The molecule has 0 fully saturated rings. The van der Waals surface area contributed by atoms with Gasteiger partial charge in [-0.15, -0.1) is 0 Å². The molecule has 0 saturated carbocycles. The number of benzene rings is 2. The highest BCUT2D eigenvalue weighted by Gasteiger charge is 2.13. The van der Waals surface area contributed by atoms with E-state index in [1.807, 2.05) is 12.1 Å². The van der Waals surface area contributed by atoms with Crippen LogP contribution < -0.4 is 14.8 Å². The van der Waals surface area contributed by atoms with Gasteiger partial charge >= 0.3 is 0 Å². The molecule has 2 aromatic rings. The molecule has 21 heavy (non-hydrogen) atoms. The Kier molecular flexibility index (Phi) is 5.30. The van der Waals surface area contributed by atoms with Gasteiger partial charge < -0.3 is 14.8 Å². The molecule has 6 heteroatoms. The molecule has 1 amide bonds. The Balaban J connectivity index is 2.30. The zero-order valence-electron chi connectivity index (χ0n) is 11.4. The molecule has 0 aliphatic rings. The Morgan fingerprint density at radius 2 is 1.86 bits per heavy atom. The lowest BCUT2D eigenvalue weighted by molar-refractivity contribution is 0.102. The van der Waals surface area contributed by atoms with E-state index in [0.717, 1.165) is 3.57 Å². The van der Waals surface area contributed by atoms with Gasteiger partial charge in [0.25, 0.3) is 5.91 Å². The van der Waals surface area contributed by atoms with Crippen molar-refractivity contribution in [2.24, 2.45) is 0 Å². The second-order valence-corrected chi connectivity index (χ2v) is 5.80. The van der Waals surface area contributed by atoms with Crippen molar-refractivity contribution >= 4 is 45.8 Å². The van der Waals surface area contributed by atoms with E-state index in [0.29, 0.717) is 27.8 Å². The van der Waals surface area contributed by atoms with E-state index in [9.17, 15) is 4.79 Å². The highest BCUT2D eigenvalue weighted by molar-refractivity contribution is 14.1. The van der Waals surface area contributed by atoms with Crippen molar-refractivity contribution in [2.45, 2.75) is 0 Å². The topological polar surface area (TPSA) is 47.6 Å².